The number of unbranched alkanes of at least 4 members (excludes halogenated alkanes) is 1. The zero-order chi connectivity index (χ0) is 15.5. The molecule has 0 saturated carbocycles. The zero-order valence-electron chi connectivity index (χ0n) is 10.5. The van der Waals surface area contributed by atoms with Gasteiger partial charge in [-0.1, -0.05) is 13.3 Å². The maximum absolute atomic E-state index is 14.0. The Morgan fingerprint density at radius 2 is 2.05 bits per heavy atom. The van der Waals surface area contributed by atoms with E-state index in [0.717, 1.165) is 6.42 Å². The average Bonchev–Trinajstić information content (AvgIpc) is 2.26. The molecule has 5 nitrogen and oxygen atoms in total. The molecule has 0 aromatic heterocycles. The van der Waals surface area contributed by atoms with Crippen LogP contribution < -0.4 is 5.14 Å². The first-order valence-corrected chi connectivity index (χ1v) is 7.91. The summed E-state index contributed by atoms with van der Waals surface area (Å²) in [4.78, 5) is 10.6. The Hall–Kier alpha value is -1.06. The molecule has 1 aromatic carbocycles. The molecule has 0 aliphatic rings. The summed E-state index contributed by atoms with van der Waals surface area (Å²) in [7, 11) is -4.46. The van der Waals surface area contributed by atoms with Gasteiger partial charge in [0.2, 0.25) is 10.0 Å². The summed E-state index contributed by atoms with van der Waals surface area (Å²) in [6, 6.07) is 0.652. The molecule has 0 saturated heterocycles. The normalized spacial score (nSPS) is 11.4. The largest absolute Gasteiger partial charge is 0.462 e. The third-order valence-electron chi connectivity index (χ3n) is 2.35. The Bertz CT molecular complexity index is 634. The van der Waals surface area contributed by atoms with Crippen molar-refractivity contribution in [2.24, 2.45) is 5.14 Å². The van der Waals surface area contributed by atoms with Crippen molar-refractivity contribution < 1.29 is 26.7 Å². The van der Waals surface area contributed by atoms with Gasteiger partial charge < -0.3 is 4.74 Å². The van der Waals surface area contributed by atoms with Crippen molar-refractivity contribution in [2.75, 3.05) is 6.61 Å². The molecule has 0 bridgehead atoms. The van der Waals surface area contributed by atoms with Gasteiger partial charge in [0.25, 0.3) is 0 Å². The van der Waals surface area contributed by atoms with E-state index in [-0.39, 0.29) is 6.61 Å². The molecule has 0 spiro atoms. The highest BCUT2D eigenvalue weighted by molar-refractivity contribution is 9.10. The molecular formula is C11H12BrF2NO4S. The van der Waals surface area contributed by atoms with Gasteiger partial charge in [0, 0.05) is 4.47 Å². The summed E-state index contributed by atoms with van der Waals surface area (Å²) in [5.74, 6) is -4.07. The summed E-state index contributed by atoms with van der Waals surface area (Å²) in [6.07, 6.45) is 1.24. The predicted octanol–water partition coefficient (Wildman–Crippen LogP) is 2.33. The number of ether oxygens (including phenoxy) is 1. The molecule has 9 heteroatoms. The van der Waals surface area contributed by atoms with Crippen molar-refractivity contribution in [1.29, 1.82) is 0 Å². The van der Waals surface area contributed by atoms with Crippen molar-refractivity contribution >= 4 is 31.9 Å². The van der Waals surface area contributed by atoms with Crippen LogP contribution in [0.15, 0.2) is 15.4 Å². The summed E-state index contributed by atoms with van der Waals surface area (Å²) >= 11 is 2.69. The van der Waals surface area contributed by atoms with Crippen LogP contribution in [0, 0.1) is 11.6 Å². The molecular weight excluding hydrogens is 360 g/mol. The molecule has 0 fully saturated rings. The smallest absolute Gasteiger partial charge is 0.344 e. The summed E-state index contributed by atoms with van der Waals surface area (Å²) in [6.45, 7) is 1.82. The van der Waals surface area contributed by atoms with Crippen molar-refractivity contribution in [1.82, 2.24) is 0 Å². The number of primary sulfonamides is 1. The fourth-order valence-electron chi connectivity index (χ4n) is 1.40. The van der Waals surface area contributed by atoms with Gasteiger partial charge in [-0.2, -0.15) is 0 Å². The second-order valence-corrected chi connectivity index (χ2v) is 6.25. The quantitative estimate of drug-likeness (QED) is 0.635. The van der Waals surface area contributed by atoms with Gasteiger partial charge in [-0.15, -0.1) is 0 Å². The average molecular weight is 372 g/mol. The lowest BCUT2D eigenvalue weighted by Gasteiger charge is -2.10. The molecule has 0 atom stereocenters. The second-order valence-electron chi connectivity index (χ2n) is 3.89. The minimum Gasteiger partial charge on any atom is -0.462 e. The summed E-state index contributed by atoms with van der Waals surface area (Å²) in [5, 5.41) is 4.83. The summed E-state index contributed by atoms with van der Waals surface area (Å²) in [5.41, 5.74) is -1.08. The molecule has 0 unspecified atom stereocenters. The van der Waals surface area contributed by atoms with E-state index in [1.165, 1.54) is 0 Å². The molecule has 0 amide bonds. The first kappa shape index (κ1) is 17.0. The number of sulfonamides is 1. The van der Waals surface area contributed by atoms with Crippen LogP contribution in [0.4, 0.5) is 8.78 Å². The fraction of sp³-hybridized carbons (Fsp3) is 0.364. The van der Waals surface area contributed by atoms with E-state index < -0.39 is 42.6 Å². The Morgan fingerprint density at radius 1 is 1.45 bits per heavy atom. The lowest BCUT2D eigenvalue weighted by molar-refractivity contribution is 0.0488. The van der Waals surface area contributed by atoms with Crippen LogP contribution in [0.3, 0.4) is 0 Å². The van der Waals surface area contributed by atoms with Crippen molar-refractivity contribution in [2.45, 2.75) is 24.7 Å². The summed E-state index contributed by atoms with van der Waals surface area (Å²) < 4.78 is 54.4. The minimum absolute atomic E-state index is 0.0189. The second kappa shape index (κ2) is 6.59. The monoisotopic (exact) mass is 371 g/mol. The number of hydrogen-bond acceptors (Lipinski definition) is 4. The number of hydrogen-bond donors (Lipinski definition) is 1. The molecule has 0 aliphatic heterocycles. The highest BCUT2D eigenvalue weighted by Crippen LogP contribution is 2.29. The van der Waals surface area contributed by atoms with Gasteiger partial charge in [-0.05, 0) is 28.4 Å². The first-order valence-electron chi connectivity index (χ1n) is 5.57. The van der Waals surface area contributed by atoms with Crippen LogP contribution in [0.25, 0.3) is 0 Å². The van der Waals surface area contributed by atoms with Gasteiger partial charge in [-0.25, -0.2) is 27.1 Å². The van der Waals surface area contributed by atoms with Gasteiger partial charge in [0.1, 0.15) is 16.3 Å². The minimum atomic E-state index is -4.46. The van der Waals surface area contributed by atoms with Gasteiger partial charge in [0.15, 0.2) is 5.82 Å². The van der Waals surface area contributed by atoms with Gasteiger partial charge in [-0.3, -0.25) is 0 Å². The van der Waals surface area contributed by atoms with Crippen molar-refractivity contribution in [3.8, 4) is 0 Å². The van der Waals surface area contributed by atoms with Crippen molar-refractivity contribution in [3.63, 3.8) is 0 Å². The zero-order valence-corrected chi connectivity index (χ0v) is 12.9. The lowest BCUT2D eigenvalue weighted by atomic mass is 10.2. The number of halogens is 3. The third-order valence-corrected chi connectivity index (χ3v) is 4.20. The van der Waals surface area contributed by atoms with E-state index in [4.69, 9.17) is 5.14 Å². The van der Waals surface area contributed by atoms with Crippen LogP contribution in [0.2, 0.25) is 0 Å². The molecule has 20 heavy (non-hydrogen) atoms. The van der Waals surface area contributed by atoms with Crippen LogP contribution >= 0.6 is 15.9 Å². The van der Waals surface area contributed by atoms with Gasteiger partial charge >= 0.3 is 5.97 Å². The number of benzene rings is 1. The molecule has 1 aromatic rings. The van der Waals surface area contributed by atoms with E-state index in [1.807, 2.05) is 6.92 Å². The van der Waals surface area contributed by atoms with E-state index in [1.54, 1.807) is 0 Å². The van der Waals surface area contributed by atoms with Gasteiger partial charge in [0.05, 0.1) is 6.61 Å². The van der Waals surface area contributed by atoms with E-state index in [2.05, 4.69) is 20.7 Å². The number of carbonyl (C=O) groups is 1. The van der Waals surface area contributed by atoms with Crippen LogP contribution in [0.5, 0.6) is 0 Å². The van der Waals surface area contributed by atoms with Crippen LogP contribution in [-0.4, -0.2) is 21.0 Å². The standard InChI is InChI=1S/C11H12BrF2NO4S/c1-2-3-4-19-11(16)8-7(13)5-6(12)10(9(8)14)20(15,17)18/h5H,2-4H2,1H3,(H2,15,17,18). The molecule has 2 N–H and O–H groups in total. The highest BCUT2D eigenvalue weighted by atomic mass is 79.9. The number of nitrogens with two attached hydrogens (primary N) is 1. The predicted molar refractivity (Wildman–Crippen MR) is 70.6 cm³/mol. The van der Waals surface area contributed by atoms with E-state index >= 15 is 0 Å². The molecule has 112 valence electrons. The molecule has 0 aliphatic carbocycles. The van der Waals surface area contributed by atoms with E-state index in [9.17, 15) is 22.0 Å². The maximum atomic E-state index is 14.0. The number of carbonyl (C=O) groups excluding carboxylic acids is 1. The SMILES string of the molecule is CCCCOC(=O)c1c(F)cc(Br)c(S(N)(=O)=O)c1F. The molecule has 0 radical (unpaired) electrons. The van der Waals surface area contributed by atoms with E-state index in [0.29, 0.717) is 12.5 Å². The topological polar surface area (TPSA) is 86.5 Å². The third kappa shape index (κ3) is 3.74. The number of rotatable bonds is 5. The Labute approximate surface area is 123 Å². The van der Waals surface area contributed by atoms with Crippen molar-refractivity contribution in [3.05, 3.63) is 27.7 Å². The highest BCUT2D eigenvalue weighted by Gasteiger charge is 2.29. The fourth-order valence-corrected chi connectivity index (χ4v) is 3.14. The Balaban J connectivity index is 3.31. The Morgan fingerprint density at radius 3 is 2.55 bits per heavy atom. The van der Waals surface area contributed by atoms with Crippen LogP contribution in [0.1, 0.15) is 30.1 Å². The maximum Gasteiger partial charge on any atom is 0.344 e. The Kier molecular flexibility index (Phi) is 5.60. The molecule has 1 rings (SSSR count). The van der Waals surface area contributed by atoms with Crippen LogP contribution in [-0.2, 0) is 14.8 Å². The first-order chi connectivity index (χ1) is 9.20. The number of esters is 1. The lowest BCUT2D eigenvalue weighted by Crippen LogP contribution is -2.19. The molecule has 0 heterocycles.